The van der Waals surface area contributed by atoms with E-state index in [1.54, 1.807) is 0 Å². The molecule has 0 bridgehead atoms. The number of carbonyl (C=O) groups excluding carboxylic acids is 2. The quantitative estimate of drug-likeness (QED) is 0.625. The molecule has 0 amide bonds. The summed E-state index contributed by atoms with van der Waals surface area (Å²) in [6.07, 6.45) is 2.79. The third-order valence-corrected chi connectivity index (χ3v) is 1.02. The van der Waals surface area contributed by atoms with Crippen molar-refractivity contribution in [1.29, 1.82) is 0 Å². The molecule has 0 radical (unpaired) electrons. The van der Waals surface area contributed by atoms with Crippen molar-refractivity contribution in [2.24, 2.45) is 0 Å². The summed E-state index contributed by atoms with van der Waals surface area (Å²) in [6, 6.07) is 0. The van der Waals surface area contributed by atoms with Gasteiger partial charge in [0.05, 0.1) is 0 Å². The maximum atomic E-state index is 9.85. The molecule has 0 saturated carbocycles. The molecule has 0 unspecified atom stereocenters. The fourth-order valence-corrected chi connectivity index (χ4v) is 0.623. The number of aromatic nitrogens is 1. The van der Waals surface area contributed by atoms with Crippen LogP contribution in [-0.4, -0.2) is 17.9 Å². The van der Waals surface area contributed by atoms with Gasteiger partial charge in [-0.3, -0.25) is 9.59 Å². The highest BCUT2D eigenvalue weighted by Gasteiger charge is 2.04. The van der Waals surface area contributed by atoms with E-state index in [1.165, 1.54) is 12.4 Å². The number of aromatic amines is 1. The second-order valence-corrected chi connectivity index (χ2v) is 1.61. The fraction of sp³-hybridized carbons (Fsp3) is 0. The molecular formula is C6H5NO4. The SMILES string of the molecule is O=COc1c[nH]cc1OC=O. The molecular weight excluding hydrogens is 150 g/mol. The molecule has 0 saturated heterocycles. The monoisotopic (exact) mass is 155 g/mol. The van der Waals surface area contributed by atoms with E-state index in [9.17, 15) is 9.59 Å². The van der Waals surface area contributed by atoms with Gasteiger partial charge in [0.25, 0.3) is 12.9 Å². The smallest absolute Gasteiger partial charge is 0.298 e. The van der Waals surface area contributed by atoms with E-state index in [2.05, 4.69) is 14.5 Å². The van der Waals surface area contributed by atoms with Gasteiger partial charge in [-0.15, -0.1) is 0 Å². The Morgan fingerprint density at radius 1 is 1.09 bits per heavy atom. The highest BCUT2D eigenvalue weighted by atomic mass is 16.6. The predicted molar refractivity (Wildman–Crippen MR) is 34.2 cm³/mol. The van der Waals surface area contributed by atoms with E-state index >= 15 is 0 Å². The molecule has 0 aliphatic carbocycles. The van der Waals surface area contributed by atoms with Gasteiger partial charge >= 0.3 is 0 Å². The number of hydrogen-bond acceptors (Lipinski definition) is 4. The lowest BCUT2D eigenvalue weighted by Gasteiger charge is -1.95. The standard InChI is InChI=1S/C6H5NO4/c8-3-10-5-1-7-2-6(5)11-4-9/h1-4,7H. The topological polar surface area (TPSA) is 68.4 Å². The molecule has 5 nitrogen and oxygen atoms in total. The molecule has 1 rings (SSSR count). The van der Waals surface area contributed by atoms with Crippen molar-refractivity contribution in [2.45, 2.75) is 0 Å². The van der Waals surface area contributed by atoms with Gasteiger partial charge in [0.2, 0.25) is 0 Å². The minimum atomic E-state index is 0.187. The van der Waals surface area contributed by atoms with Gasteiger partial charge in [0, 0.05) is 12.4 Å². The van der Waals surface area contributed by atoms with Crippen molar-refractivity contribution >= 4 is 12.9 Å². The highest BCUT2D eigenvalue weighted by molar-refractivity contribution is 5.54. The highest BCUT2D eigenvalue weighted by Crippen LogP contribution is 2.24. The summed E-state index contributed by atoms with van der Waals surface area (Å²) in [5.74, 6) is 0.374. The molecule has 0 aliphatic rings. The summed E-state index contributed by atoms with van der Waals surface area (Å²) in [7, 11) is 0. The minimum Gasteiger partial charge on any atom is -0.423 e. The summed E-state index contributed by atoms with van der Waals surface area (Å²) < 4.78 is 8.87. The zero-order valence-electron chi connectivity index (χ0n) is 5.44. The zero-order valence-corrected chi connectivity index (χ0v) is 5.44. The number of H-pyrrole nitrogens is 1. The first-order chi connectivity index (χ1) is 5.38. The van der Waals surface area contributed by atoms with E-state index in [0.717, 1.165) is 0 Å². The van der Waals surface area contributed by atoms with E-state index in [-0.39, 0.29) is 24.4 Å². The molecule has 1 aromatic heterocycles. The van der Waals surface area contributed by atoms with Crippen LogP contribution < -0.4 is 9.47 Å². The number of rotatable bonds is 4. The van der Waals surface area contributed by atoms with E-state index in [0.29, 0.717) is 0 Å². The number of ether oxygens (including phenoxy) is 2. The first-order valence-electron chi connectivity index (χ1n) is 2.76. The Labute approximate surface area is 61.9 Å². The van der Waals surface area contributed by atoms with Crippen molar-refractivity contribution < 1.29 is 19.1 Å². The summed E-state index contributed by atoms with van der Waals surface area (Å²) in [5, 5.41) is 0. The molecule has 0 aliphatic heterocycles. The van der Waals surface area contributed by atoms with Crippen LogP contribution >= 0.6 is 0 Å². The molecule has 58 valence electrons. The Balaban J connectivity index is 2.76. The van der Waals surface area contributed by atoms with Crippen LogP contribution in [0.1, 0.15) is 0 Å². The maximum Gasteiger partial charge on any atom is 0.298 e. The summed E-state index contributed by atoms with van der Waals surface area (Å²) in [5.41, 5.74) is 0. The summed E-state index contributed by atoms with van der Waals surface area (Å²) >= 11 is 0. The van der Waals surface area contributed by atoms with Crippen LogP contribution in [0.2, 0.25) is 0 Å². The third kappa shape index (κ3) is 1.57. The lowest BCUT2D eigenvalue weighted by atomic mass is 10.5. The minimum absolute atomic E-state index is 0.187. The van der Waals surface area contributed by atoms with Gasteiger partial charge in [0.1, 0.15) is 0 Å². The molecule has 0 aromatic carbocycles. The number of carbonyl (C=O) groups is 2. The van der Waals surface area contributed by atoms with Crippen molar-refractivity contribution in [1.82, 2.24) is 4.98 Å². The van der Waals surface area contributed by atoms with Crippen LogP contribution in [0, 0.1) is 0 Å². The summed E-state index contributed by atoms with van der Waals surface area (Å²) in [4.78, 5) is 22.3. The predicted octanol–water partition coefficient (Wildman–Crippen LogP) is 0.0851. The third-order valence-electron chi connectivity index (χ3n) is 1.02. The van der Waals surface area contributed by atoms with Gasteiger partial charge in [-0.2, -0.15) is 0 Å². The Bertz CT molecular complexity index is 230. The van der Waals surface area contributed by atoms with Crippen LogP contribution in [-0.2, 0) is 9.59 Å². The molecule has 1 heterocycles. The fourth-order valence-electron chi connectivity index (χ4n) is 0.623. The Hall–Kier alpha value is -1.78. The average molecular weight is 155 g/mol. The first-order valence-corrected chi connectivity index (χ1v) is 2.76. The first kappa shape index (κ1) is 7.33. The molecule has 1 N–H and O–H groups in total. The van der Waals surface area contributed by atoms with Crippen molar-refractivity contribution in [3.05, 3.63) is 12.4 Å². The van der Waals surface area contributed by atoms with Gasteiger partial charge < -0.3 is 14.5 Å². The van der Waals surface area contributed by atoms with Crippen molar-refractivity contribution in [3.8, 4) is 11.5 Å². The van der Waals surface area contributed by atoms with Gasteiger partial charge in [-0.1, -0.05) is 0 Å². The largest absolute Gasteiger partial charge is 0.423 e. The van der Waals surface area contributed by atoms with Crippen LogP contribution in [0.25, 0.3) is 0 Å². The molecule has 5 heteroatoms. The average Bonchev–Trinajstić information content (AvgIpc) is 2.39. The van der Waals surface area contributed by atoms with Gasteiger partial charge in [0.15, 0.2) is 11.5 Å². The Morgan fingerprint density at radius 2 is 1.55 bits per heavy atom. The molecule has 1 aromatic rings. The molecule has 0 atom stereocenters. The second-order valence-electron chi connectivity index (χ2n) is 1.61. The maximum absolute atomic E-state index is 9.85. The van der Waals surface area contributed by atoms with E-state index in [4.69, 9.17) is 0 Å². The molecule has 11 heavy (non-hydrogen) atoms. The van der Waals surface area contributed by atoms with Gasteiger partial charge in [-0.05, 0) is 0 Å². The normalized spacial score (nSPS) is 8.73. The molecule has 0 spiro atoms. The lowest BCUT2D eigenvalue weighted by Crippen LogP contribution is -1.91. The van der Waals surface area contributed by atoms with Crippen LogP contribution in [0.15, 0.2) is 12.4 Å². The number of nitrogens with one attached hydrogen (secondary N) is 1. The second kappa shape index (κ2) is 3.40. The Kier molecular flexibility index (Phi) is 2.27. The lowest BCUT2D eigenvalue weighted by molar-refractivity contribution is -0.123. The molecule has 0 fully saturated rings. The van der Waals surface area contributed by atoms with Crippen LogP contribution in [0.4, 0.5) is 0 Å². The Morgan fingerprint density at radius 3 is 1.91 bits per heavy atom. The van der Waals surface area contributed by atoms with E-state index < -0.39 is 0 Å². The van der Waals surface area contributed by atoms with Crippen LogP contribution in [0.5, 0.6) is 11.5 Å². The van der Waals surface area contributed by atoms with Gasteiger partial charge in [-0.25, -0.2) is 0 Å². The summed E-state index contributed by atoms with van der Waals surface area (Å²) in [6.45, 7) is 0.502. The van der Waals surface area contributed by atoms with E-state index in [1.807, 2.05) is 0 Å². The van der Waals surface area contributed by atoms with Crippen LogP contribution in [0.3, 0.4) is 0 Å². The van der Waals surface area contributed by atoms with Crippen molar-refractivity contribution in [3.63, 3.8) is 0 Å². The van der Waals surface area contributed by atoms with Crippen molar-refractivity contribution in [2.75, 3.05) is 0 Å². The zero-order chi connectivity index (χ0) is 8.10. The number of hydrogen-bond donors (Lipinski definition) is 1.